The number of rotatable bonds is 0. The van der Waals surface area contributed by atoms with E-state index in [1.165, 1.54) is 0 Å². The van der Waals surface area contributed by atoms with E-state index in [0.717, 1.165) is 0 Å². The summed E-state index contributed by atoms with van der Waals surface area (Å²) in [7, 11) is 0. The first-order valence-electron chi connectivity index (χ1n) is 0. The van der Waals surface area contributed by atoms with Gasteiger partial charge in [0.2, 0.25) is 0 Å². The molecule has 0 saturated carbocycles. The van der Waals surface area contributed by atoms with Crippen molar-refractivity contribution >= 4 is 136 Å². The molecule has 0 aliphatic heterocycles. The van der Waals surface area contributed by atoms with Crippen LogP contribution in [0.25, 0.3) is 0 Å². The number of hydrogen-bond acceptors (Lipinski definition) is 0. The van der Waals surface area contributed by atoms with E-state index in [1.807, 2.05) is 0 Å². The zero-order valence-corrected chi connectivity index (χ0v) is 23.8. The Morgan fingerprint density at radius 1 is 0.375 bits per heavy atom. The van der Waals surface area contributed by atoms with Crippen molar-refractivity contribution in [3.8, 4) is 0 Å². The topological polar surface area (TPSA) is 0 Å². The maximum Gasteiger partial charge on any atom is 2.00 e. The predicted octanol–water partition coefficient (Wildman–Crippen LogP) is -1.15. The molecule has 0 fully saturated rings. The first kappa shape index (κ1) is 76.0. The van der Waals surface area contributed by atoms with E-state index in [1.54, 1.807) is 0 Å². The van der Waals surface area contributed by atoms with Crippen molar-refractivity contribution in [2.45, 2.75) is 0 Å². The molecule has 0 bridgehead atoms. The van der Waals surface area contributed by atoms with Gasteiger partial charge in [-0.1, -0.05) is 0 Å². The van der Waals surface area contributed by atoms with Gasteiger partial charge in [-0.05, 0) is 0 Å². The third-order valence-corrected chi connectivity index (χ3v) is 0. The van der Waals surface area contributed by atoms with Crippen LogP contribution in [-0.4, -0.2) is 81.9 Å². The van der Waals surface area contributed by atoms with E-state index in [0.29, 0.717) is 0 Å². The van der Waals surface area contributed by atoms with E-state index in [4.69, 9.17) is 0 Å². The summed E-state index contributed by atoms with van der Waals surface area (Å²) in [5.41, 5.74) is 0. The minimum atomic E-state index is 0. The first-order valence-corrected chi connectivity index (χ1v) is 0. The van der Waals surface area contributed by atoms with Gasteiger partial charge in [0, 0.05) is 81.9 Å². The molecule has 0 atom stereocenters. The quantitative estimate of drug-likeness (QED) is 0.270. The van der Waals surface area contributed by atoms with Gasteiger partial charge in [-0.15, -0.1) is 0 Å². The van der Waals surface area contributed by atoms with Crippen molar-refractivity contribution < 1.29 is 22.4 Å². The molecule has 0 heterocycles. The van der Waals surface area contributed by atoms with Crippen molar-refractivity contribution in [2.24, 2.45) is 0 Å². The molecule has 0 aromatic carbocycles. The van der Waals surface area contributed by atoms with Crippen LogP contribution < -0.4 is 0 Å². The SMILES string of the molecule is [S-2].[S-2].[S-2].[S-2].[Ta+2].[Tl].[Tl].[Tl]. The van der Waals surface area contributed by atoms with Crippen LogP contribution in [0.2, 0.25) is 0 Å². The Morgan fingerprint density at radius 2 is 0.375 bits per heavy atom. The Balaban J connectivity index is 0. The zero-order chi connectivity index (χ0) is 0. The second-order valence-electron chi connectivity index (χ2n) is 0. The Kier molecular flexibility index (Phi) is 559. The minimum absolute atomic E-state index is 0. The van der Waals surface area contributed by atoms with Crippen molar-refractivity contribution in [3.63, 3.8) is 0 Å². The van der Waals surface area contributed by atoms with Gasteiger partial charge in [-0.25, -0.2) is 0 Å². The van der Waals surface area contributed by atoms with E-state index >= 15 is 0 Å². The van der Waals surface area contributed by atoms with Crippen molar-refractivity contribution in [1.82, 2.24) is 0 Å². The summed E-state index contributed by atoms with van der Waals surface area (Å²) in [6.45, 7) is 0. The summed E-state index contributed by atoms with van der Waals surface area (Å²) < 4.78 is 0. The molecule has 0 unspecified atom stereocenters. The van der Waals surface area contributed by atoms with Crippen molar-refractivity contribution in [3.05, 3.63) is 0 Å². The molecular weight excluding hydrogens is 922 g/mol. The predicted molar refractivity (Wildman–Crippen MR) is 46.7 cm³/mol. The standard InChI is InChI=1S/4S.Ta.3Tl/q4*-2;+2;;;. The van der Waals surface area contributed by atoms with Crippen LogP contribution >= 0.6 is 0 Å². The molecule has 44 valence electrons. The largest absolute Gasteiger partial charge is 2.00 e. The zero-order valence-electron chi connectivity index (χ0n) is 3.81. The molecule has 0 aromatic rings. The average Bonchev–Trinajstić information content (AvgIpc) is 0. The Labute approximate surface area is 155 Å². The van der Waals surface area contributed by atoms with E-state index < -0.39 is 0 Å². The van der Waals surface area contributed by atoms with Crippen LogP contribution in [0.4, 0.5) is 0 Å². The fourth-order valence-corrected chi connectivity index (χ4v) is 0. The van der Waals surface area contributed by atoms with Gasteiger partial charge in [0.25, 0.3) is 0 Å². The van der Waals surface area contributed by atoms with Gasteiger partial charge in [0.05, 0.1) is 0 Å². The Morgan fingerprint density at radius 3 is 0.375 bits per heavy atom. The van der Waals surface area contributed by atoms with E-state index in [-0.39, 0.29) is 158 Å². The van der Waals surface area contributed by atoms with Crippen LogP contribution in [-0.2, 0) is 76.4 Å². The molecule has 0 spiro atoms. The average molecular weight is 922 g/mol. The molecule has 0 nitrogen and oxygen atoms in total. The Hall–Kier alpha value is 4.91. The minimum Gasteiger partial charge on any atom is -2.00 e. The van der Waals surface area contributed by atoms with E-state index in [2.05, 4.69) is 0 Å². The van der Waals surface area contributed by atoms with Crippen molar-refractivity contribution in [2.75, 3.05) is 0 Å². The maximum atomic E-state index is 0. The maximum absolute atomic E-state index is 0. The Bertz CT molecular complexity index is 11.2. The summed E-state index contributed by atoms with van der Waals surface area (Å²) in [5.74, 6) is 0. The third kappa shape index (κ3) is 44.5. The van der Waals surface area contributed by atoms with Crippen LogP contribution in [0, 0.1) is 0 Å². The van der Waals surface area contributed by atoms with Gasteiger partial charge in [-0.2, -0.15) is 0 Å². The number of hydrogen-bond donors (Lipinski definition) is 0. The second kappa shape index (κ2) is 58.8. The van der Waals surface area contributed by atoms with Crippen LogP contribution in [0.15, 0.2) is 0 Å². The summed E-state index contributed by atoms with van der Waals surface area (Å²) >= 11 is 0. The van der Waals surface area contributed by atoms with Gasteiger partial charge in [0.15, 0.2) is 0 Å². The van der Waals surface area contributed by atoms with E-state index in [9.17, 15) is 0 Å². The molecule has 0 aromatic heterocycles. The first-order chi connectivity index (χ1) is 0. The molecule has 0 aliphatic rings. The molecular formula is S4TaTl3-6. The monoisotopic (exact) mass is 924 g/mol. The summed E-state index contributed by atoms with van der Waals surface area (Å²) in [6, 6.07) is 0. The molecule has 4 radical (unpaired) electrons. The summed E-state index contributed by atoms with van der Waals surface area (Å²) in [4.78, 5) is 0. The second-order valence-corrected chi connectivity index (χ2v) is 0. The van der Waals surface area contributed by atoms with Crippen LogP contribution in [0.3, 0.4) is 0 Å². The van der Waals surface area contributed by atoms with Crippen LogP contribution in [0.1, 0.15) is 0 Å². The van der Waals surface area contributed by atoms with Gasteiger partial charge in [0.1, 0.15) is 0 Å². The molecule has 8 heteroatoms. The van der Waals surface area contributed by atoms with Gasteiger partial charge < -0.3 is 54.0 Å². The van der Waals surface area contributed by atoms with Crippen molar-refractivity contribution in [1.29, 1.82) is 0 Å². The molecule has 0 aliphatic carbocycles. The van der Waals surface area contributed by atoms with Gasteiger partial charge >= 0.3 is 22.4 Å². The van der Waals surface area contributed by atoms with Gasteiger partial charge in [-0.3, -0.25) is 0 Å². The molecule has 0 amide bonds. The smallest absolute Gasteiger partial charge is 2.00 e. The fraction of sp³-hybridized carbons (Fsp3) is 0. The summed E-state index contributed by atoms with van der Waals surface area (Å²) in [5, 5.41) is 0. The van der Waals surface area contributed by atoms with Crippen LogP contribution in [0.5, 0.6) is 0 Å². The molecule has 0 rings (SSSR count). The normalized spacial score (nSPS) is 0. The molecule has 0 saturated heterocycles. The molecule has 0 N–H and O–H groups in total. The summed E-state index contributed by atoms with van der Waals surface area (Å²) in [6.07, 6.45) is 0. The molecule has 8 heavy (non-hydrogen) atoms. The fourth-order valence-electron chi connectivity index (χ4n) is 0. The third-order valence-electron chi connectivity index (χ3n) is 0.